The highest BCUT2D eigenvalue weighted by atomic mass is 32.1. The molecule has 0 aromatic heterocycles. The number of carbonyl (C=O) groups is 1. The van der Waals surface area contributed by atoms with Crippen molar-refractivity contribution in [1.29, 1.82) is 5.26 Å². The van der Waals surface area contributed by atoms with E-state index in [1.165, 1.54) is 12.0 Å². The minimum absolute atomic E-state index is 0.0127. The first-order chi connectivity index (χ1) is 13.4. The molecule has 2 N–H and O–H groups in total. The van der Waals surface area contributed by atoms with Crippen LogP contribution in [0.15, 0.2) is 35.5 Å². The fourth-order valence-corrected chi connectivity index (χ4v) is 3.48. The monoisotopic (exact) mass is 403 g/mol. The molecular formula is C20H27N4O3S+. The number of quaternary nitrogens is 1. The van der Waals surface area contributed by atoms with Gasteiger partial charge in [-0.15, -0.1) is 0 Å². The summed E-state index contributed by atoms with van der Waals surface area (Å²) in [5.74, 6) is 0.211. The molecule has 8 heteroatoms. The molecule has 0 saturated heterocycles. The number of thiocarbonyl (C=S) groups is 1. The summed E-state index contributed by atoms with van der Waals surface area (Å²) < 4.78 is 10.3. The number of ether oxygens (including phenoxy) is 2. The van der Waals surface area contributed by atoms with Crippen molar-refractivity contribution >= 4 is 23.3 Å². The number of allylic oxidation sites excluding steroid dienone is 1. The van der Waals surface area contributed by atoms with Crippen LogP contribution in [-0.4, -0.2) is 56.9 Å². The number of hydrogen-bond donors (Lipinski definition) is 2. The van der Waals surface area contributed by atoms with Crippen LogP contribution in [0.25, 0.3) is 0 Å². The van der Waals surface area contributed by atoms with Gasteiger partial charge in [-0.25, -0.2) is 4.79 Å². The quantitative estimate of drug-likeness (QED) is 0.491. The lowest BCUT2D eigenvalue weighted by Gasteiger charge is -2.37. The second-order valence-corrected chi connectivity index (χ2v) is 7.24. The molecular weight excluding hydrogens is 376 g/mol. The van der Waals surface area contributed by atoms with E-state index in [9.17, 15) is 4.79 Å². The van der Waals surface area contributed by atoms with Crippen molar-refractivity contribution in [2.45, 2.75) is 19.4 Å². The molecule has 7 nitrogen and oxygen atoms in total. The fraction of sp³-hybridized carbons (Fsp3) is 0.450. The number of hydrogen-bond acceptors (Lipinski definition) is 5. The topological polar surface area (TPSA) is 79.0 Å². The van der Waals surface area contributed by atoms with Crippen LogP contribution in [0, 0.1) is 11.3 Å². The van der Waals surface area contributed by atoms with E-state index in [4.69, 9.17) is 27.0 Å². The molecule has 0 amide bonds. The van der Waals surface area contributed by atoms with E-state index in [2.05, 4.69) is 19.4 Å². The minimum atomic E-state index is -0.402. The Kier molecular flexibility index (Phi) is 7.79. The maximum absolute atomic E-state index is 12.5. The van der Waals surface area contributed by atoms with Gasteiger partial charge >= 0.3 is 5.97 Å². The summed E-state index contributed by atoms with van der Waals surface area (Å²) in [6, 6.07) is 8.79. The SMILES string of the molecule is COC(=O)C1=C(C)N(CCC[NH+](C)C)C(=S)N[C@@H]1c1ccc(OCC#N)cc1. The number of rotatable bonds is 8. The van der Waals surface area contributed by atoms with Crippen molar-refractivity contribution in [3.8, 4) is 11.8 Å². The normalized spacial score (nSPS) is 16.6. The van der Waals surface area contributed by atoms with Gasteiger partial charge < -0.3 is 24.6 Å². The lowest BCUT2D eigenvalue weighted by atomic mass is 9.95. The molecule has 1 aromatic carbocycles. The Morgan fingerprint density at radius 2 is 2.04 bits per heavy atom. The summed E-state index contributed by atoms with van der Waals surface area (Å²) in [6.45, 7) is 3.63. The molecule has 0 aliphatic carbocycles. The Balaban J connectivity index is 2.31. The van der Waals surface area contributed by atoms with Gasteiger partial charge in [-0.2, -0.15) is 5.26 Å². The summed E-state index contributed by atoms with van der Waals surface area (Å²) in [5.41, 5.74) is 2.21. The number of nitrogens with zero attached hydrogens (tertiary/aromatic N) is 2. The molecule has 1 atom stereocenters. The van der Waals surface area contributed by atoms with E-state index in [0.29, 0.717) is 16.4 Å². The van der Waals surface area contributed by atoms with Crippen LogP contribution in [0.5, 0.6) is 5.75 Å². The summed E-state index contributed by atoms with van der Waals surface area (Å²) in [6.07, 6.45) is 0.950. The summed E-state index contributed by atoms with van der Waals surface area (Å²) in [4.78, 5) is 15.9. The van der Waals surface area contributed by atoms with Crippen LogP contribution < -0.4 is 15.0 Å². The molecule has 0 saturated carbocycles. The zero-order chi connectivity index (χ0) is 20.7. The molecule has 0 radical (unpaired) electrons. The third-order valence-corrected chi connectivity index (χ3v) is 4.92. The van der Waals surface area contributed by atoms with Crippen LogP contribution in [0.1, 0.15) is 24.9 Å². The van der Waals surface area contributed by atoms with Gasteiger partial charge in [0.25, 0.3) is 0 Å². The molecule has 150 valence electrons. The highest BCUT2D eigenvalue weighted by Crippen LogP contribution is 2.32. The largest absolute Gasteiger partial charge is 0.479 e. The highest BCUT2D eigenvalue weighted by Gasteiger charge is 2.34. The second-order valence-electron chi connectivity index (χ2n) is 6.85. The first kappa shape index (κ1) is 21.7. The first-order valence-electron chi connectivity index (χ1n) is 9.14. The van der Waals surface area contributed by atoms with E-state index in [1.807, 2.05) is 30.0 Å². The number of nitriles is 1. The zero-order valence-electron chi connectivity index (χ0n) is 16.7. The molecule has 28 heavy (non-hydrogen) atoms. The molecule has 0 spiro atoms. The van der Waals surface area contributed by atoms with Crippen molar-refractivity contribution in [2.75, 3.05) is 40.9 Å². The van der Waals surface area contributed by atoms with Gasteiger partial charge in [0.15, 0.2) is 11.7 Å². The van der Waals surface area contributed by atoms with Crippen molar-refractivity contribution in [3.05, 3.63) is 41.1 Å². The predicted molar refractivity (Wildman–Crippen MR) is 110 cm³/mol. The van der Waals surface area contributed by atoms with Gasteiger partial charge in [-0.05, 0) is 36.8 Å². The van der Waals surface area contributed by atoms with Crippen molar-refractivity contribution < 1.29 is 19.2 Å². The number of esters is 1. The number of carbonyl (C=O) groups excluding carboxylic acids is 1. The number of benzene rings is 1. The number of nitrogens with one attached hydrogen (secondary N) is 2. The van der Waals surface area contributed by atoms with Gasteiger partial charge in [-0.1, -0.05) is 12.1 Å². The zero-order valence-corrected chi connectivity index (χ0v) is 17.6. The van der Waals surface area contributed by atoms with Gasteiger partial charge in [0.2, 0.25) is 0 Å². The summed E-state index contributed by atoms with van der Waals surface area (Å²) in [7, 11) is 5.59. The maximum Gasteiger partial charge on any atom is 0.337 e. The van der Waals surface area contributed by atoms with E-state index in [1.54, 1.807) is 12.1 Å². The van der Waals surface area contributed by atoms with Gasteiger partial charge in [0.1, 0.15) is 11.8 Å². The molecule has 0 bridgehead atoms. The van der Waals surface area contributed by atoms with Gasteiger partial charge in [0.05, 0.1) is 39.4 Å². The van der Waals surface area contributed by atoms with Crippen LogP contribution in [-0.2, 0) is 9.53 Å². The molecule has 0 unspecified atom stereocenters. The Bertz CT molecular complexity index is 784. The third-order valence-electron chi connectivity index (χ3n) is 4.58. The van der Waals surface area contributed by atoms with Crippen molar-refractivity contribution in [2.24, 2.45) is 0 Å². The van der Waals surface area contributed by atoms with E-state index in [0.717, 1.165) is 30.8 Å². The van der Waals surface area contributed by atoms with Gasteiger partial charge in [0, 0.05) is 18.7 Å². The molecule has 0 fully saturated rings. The molecule has 2 rings (SSSR count). The van der Waals surface area contributed by atoms with Crippen molar-refractivity contribution in [3.63, 3.8) is 0 Å². The van der Waals surface area contributed by atoms with E-state index >= 15 is 0 Å². The van der Waals surface area contributed by atoms with Crippen LogP contribution in [0.3, 0.4) is 0 Å². The Labute approximate surface area is 171 Å². The van der Waals surface area contributed by atoms with Crippen LogP contribution >= 0.6 is 12.2 Å². The Morgan fingerprint density at radius 1 is 1.36 bits per heavy atom. The number of methoxy groups -OCH3 is 1. The van der Waals surface area contributed by atoms with Crippen molar-refractivity contribution in [1.82, 2.24) is 10.2 Å². The van der Waals surface area contributed by atoms with E-state index in [-0.39, 0.29) is 12.6 Å². The molecule has 1 heterocycles. The fourth-order valence-electron chi connectivity index (χ4n) is 3.14. The van der Waals surface area contributed by atoms with E-state index < -0.39 is 6.04 Å². The smallest absolute Gasteiger partial charge is 0.337 e. The molecule has 1 aliphatic rings. The second kappa shape index (κ2) is 10.1. The molecule has 1 aromatic rings. The predicted octanol–water partition coefficient (Wildman–Crippen LogP) is 0.802. The average molecular weight is 404 g/mol. The maximum atomic E-state index is 12.5. The summed E-state index contributed by atoms with van der Waals surface area (Å²) >= 11 is 5.58. The third kappa shape index (κ3) is 5.21. The standard InChI is InChI=1S/C20H26N4O3S/c1-14-17(19(25)26-4)18(15-6-8-16(9-7-15)27-13-10-21)22-20(28)24(14)12-5-11-23(2)3/h6-9,18H,5,11-13H2,1-4H3,(H,22,28)/p+1/t18-/m1/s1. The molecule has 1 aliphatic heterocycles. The first-order valence-corrected chi connectivity index (χ1v) is 9.55. The minimum Gasteiger partial charge on any atom is -0.479 e. The van der Waals surface area contributed by atoms with Crippen LogP contribution in [0.4, 0.5) is 0 Å². The Morgan fingerprint density at radius 3 is 2.61 bits per heavy atom. The lowest BCUT2D eigenvalue weighted by molar-refractivity contribution is -0.858. The average Bonchev–Trinajstić information content (AvgIpc) is 2.68. The van der Waals surface area contributed by atoms with Gasteiger partial charge in [-0.3, -0.25) is 0 Å². The summed E-state index contributed by atoms with van der Waals surface area (Å²) in [5, 5.41) is 12.5. The van der Waals surface area contributed by atoms with Crippen LogP contribution in [0.2, 0.25) is 0 Å². The lowest BCUT2D eigenvalue weighted by Crippen LogP contribution is -3.05. The Hall–Kier alpha value is -2.63. The highest BCUT2D eigenvalue weighted by molar-refractivity contribution is 7.80.